The lowest BCUT2D eigenvalue weighted by Crippen LogP contribution is -2.29. The molecule has 9 heteroatoms. The van der Waals surface area contributed by atoms with Gasteiger partial charge in [-0.05, 0) is 19.1 Å². The van der Waals surface area contributed by atoms with Crippen LogP contribution < -0.4 is 5.32 Å². The second kappa shape index (κ2) is 5.51. The molecule has 1 N–H and O–H groups in total. The quantitative estimate of drug-likeness (QED) is 0.940. The van der Waals surface area contributed by atoms with E-state index in [-0.39, 0.29) is 5.82 Å². The molecule has 0 radical (unpaired) electrons. The van der Waals surface area contributed by atoms with Crippen LogP contribution in [0.1, 0.15) is 40.7 Å². The van der Waals surface area contributed by atoms with Crippen molar-refractivity contribution < 1.29 is 22.5 Å². The van der Waals surface area contributed by atoms with Crippen LogP contribution in [0.3, 0.4) is 0 Å². The lowest BCUT2D eigenvalue weighted by Gasteiger charge is -2.13. The molecule has 6 nitrogen and oxygen atoms in total. The van der Waals surface area contributed by atoms with Gasteiger partial charge in [0.1, 0.15) is 0 Å². The standard InChI is InChI=1S/C12H11F3N4O2/c1-6(10-18-7(2)21-19-10)17-11(20)8-4-3-5-16-9(8)12(13,14)15/h3-6H,1-2H3,(H,17,20). The summed E-state index contributed by atoms with van der Waals surface area (Å²) in [6, 6.07) is 1.61. The highest BCUT2D eigenvalue weighted by Gasteiger charge is 2.37. The average Bonchev–Trinajstić information content (AvgIpc) is 2.84. The van der Waals surface area contributed by atoms with Crippen molar-refractivity contribution in [2.45, 2.75) is 26.1 Å². The number of hydrogen-bond donors (Lipinski definition) is 1. The number of rotatable bonds is 3. The monoisotopic (exact) mass is 300 g/mol. The lowest BCUT2D eigenvalue weighted by atomic mass is 10.1. The molecule has 0 bridgehead atoms. The molecule has 1 atom stereocenters. The molecule has 2 rings (SSSR count). The van der Waals surface area contributed by atoms with Gasteiger partial charge in [-0.2, -0.15) is 18.2 Å². The van der Waals surface area contributed by atoms with E-state index in [9.17, 15) is 18.0 Å². The van der Waals surface area contributed by atoms with E-state index in [0.29, 0.717) is 5.89 Å². The number of carbonyl (C=O) groups is 1. The molecule has 0 aromatic carbocycles. The Morgan fingerprint density at radius 1 is 1.43 bits per heavy atom. The Balaban J connectivity index is 2.21. The van der Waals surface area contributed by atoms with E-state index in [1.165, 1.54) is 13.0 Å². The molecule has 1 amide bonds. The van der Waals surface area contributed by atoms with Gasteiger partial charge in [0.2, 0.25) is 5.89 Å². The van der Waals surface area contributed by atoms with E-state index in [1.807, 2.05) is 0 Å². The molecule has 0 saturated carbocycles. The summed E-state index contributed by atoms with van der Waals surface area (Å²) in [6.45, 7) is 3.10. The average molecular weight is 300 g/mol. The van der Waals surface area contributed by atoms with Gasteiger partial charge in [-0.1, -0.05) is 5.16 Å². The number of nitrogens with one attached hydrogen (secondary N) is 1. The fourth-order valence-corrected chi connectivity index (χ4v) is 1.64. The molecule has 2 aromatic heterocycles. The molecule has 0 saturated heterocycles. The number of hydrogen-bond acceptors (Lipinski definition) is 5. The van der Waals surface area contributed by atoms with Gasteiger partial charge >= 0.3 is 6.18 Å². The molecule has 0 aliphatic rings. The molecule has 0 aliphatic heterocycles. The largest absolute Gasteiger partial charge is 0.434 e. The molecule has 0 aliphatic carbocycles. The van der Waals surface area contributed by atoms with Crippen LogP contribution >= 0.6 is 0 Å². The second-order valence-electron chi connectivity index (χ2n) is 4.26. The summed E-state index contributed by atoms with van der Waals surface area (Å²) in [7, 11) is 0. The van der Waals surface area contributed by atoms with Crippen LogP contribution in [0.15, 0.2) is 22.9 Å². The van der Waals surface area contributed by atoms with E-state index >= 15 is 0 Å². The van der Waals surface area contributed by atoms with E-state index < -0.39 is 29.4 Å². The predicted octanol–water partition coefficient (Wildman–Crippen LogP) is 2.28. The van der Waals surface area contributed by atoms with Crippen LogP contribution in [-0.2, 0) is 6.18 Å². The van der Waals surface area contributed by atoms with Crippen molar-refractivity contribution in [3.05, 3.63) is 41.3 Å². The summed E-state index contributed by atoms with van der Waals surface area (Å²) < 4.78 is 43.1. The van der Waals surface area contributed by atoms with Crippen molar-refractivity contribution in [3.63, 3.8) is 0 Å². The van der Waals surface area contributed by atoms with Crippen LogP contribution in [0.5, 0.6) is 0 Å². The van der Waals surface area contributed by atoms with E-state index in [1.54, 1.807) is 6.92 Å². The smallest absolute Gasteiger partial charge is 0.342 e. The summed E-state index contributed by atoms with van der Waals surface area (Å²) in [5.74, 6) is -0.438. The Bertz CT molecular complexity index is 654. The predicted molar refractivity (Wildman–Crippen MR) is 64.2 cm³/mol. The number of nitrogens with zero attached hydrogens (tertiary/aromatic N) is 3. The molecule has 1 unspecified atom stereocenters. The Labute approximate surface area is 117 Å². The highest BCUT2D eigenvalue weighted by molar-refractivity contribution is 5.95. The van der Waals surface area contributed by atoms with Gasteiger partial charge in [-0.15, -0.1) is 0 Å². The van der Waals surface area contributed by atoms with E-state index in [2.05, 4.69) is 20.4 Å². The maximum atomic E-state index is 12.8. The van der Waals surface area contributed by atoms with Crippen LogP contribution in [0.25, 0.3) is 0 Å². The summed E-state index contributed by atoms with van der Waals surface area (Å²) in [5, 5.41) is 5.97. The van der Waals surface area contributed by atoms with Gasteiger partial charge in [0, 0.05) is 13.1 Å². The van der Waals surface area contributed by atoms with Gasteiger partial charge in [0.25, 0.3) is 5.91 Å². The van der Waals surface area contributed by atoms with Crippen molar-refractivity contribution in [2.75, 3.05) is 0 Å². The maximum Gasteiger partial charge on any atom is 0.434 e. The number of aromatic nitrogens is 3. The Morgan fingerprint density at radius 3 is 2.71 bits per heavy atom. The highest BCUT2D eigenvalue weighted by atomic mass is 19.4. The van der Waals surface area contributed by atoms with Crippen molar-refractivity contribution in [1.29, 1.82) is 0 Å². The van der Waals surface area contributed by atoms with Crippen molar-refractivity contribution >= 4 is 5.91 Å². The van der Waals surface area contributed by atoms with Gasteiger partial charge < -0.3 is 9.84 Å². The first-order valence-corrected chi connectivity index (χ1v) is 5.92. The summed E-state index contributed by atoms with van der Waals surface area (Å²) >= 11 is 0. The fraction of sp³-hybridized carbons (Fsp3) is 0.333. The van der Waals surface area contributed by atoms with Crippen LogP contribution in [-0.4, -0.2) is 21.0 Å². The summed E-state index contributed by atoms with van der Waals surface area (Å²) in [4.78, 5) is 19.1. The number of aryl methyl sites for hydroxylation is 1. The van der Waals surface area contributed by atoms with Crippen molar-refractivity contribution in [1.82, 2.24) is 20.4 Å². The molecule has 0 fully saturated rings. The number of alkyl halides is 3. The van der Waals surface area contributed by atoms with Crippen molar-refractivity contribution in [2.24, 2.45) is 0 Å². The highest BCUT2D eigenvalue weighted by Crippen LogP contribution is 2.30. The summed E-state index contributed by atoms with van der Waals surface area (Å²) in [5.41, 5.74) is -1.80. The second-order valence-corrected chi connectivity index (χ2v) is 4.26. The molecule has 0 spiro atoms. The number of halogens is 3. The number of amides is 1. The van der Waals surface area contributed by atoms with E-state index in [0.717, 1.165) is 12.3 Å². The zero-order chi connectivity index (χ0) is 15.6. The SMILES string of the molecule is Cc1nc(C(C)NC(=O)c2cccnc2C(F)(F)F)no1. The molecule has 2 heterocycles. The van der Waals surface area contributed by atoms with Gasteiger partial charge in [0.15, 0.2) is 11.5 Å². The number of pyridine rings is 1. The van der Waals surface area contributed by atoms with Crippen LogP contribution in [0.2, 0.25) is 0 Å². The third-order valence-electron chi connectivity index (χ3n) is 2.60. The Hall–Kier alpha value is -2.45. The van der Waals surface area contributed by atoms with Gasteiger partial charge in [0.05, 0.1) is 11.6 Å². The molecular weight excluding hydrogens is 289 g/mol. The van der Waals surface area contributed by atoms with Gasteiger partial charge in [-0.25, -0.2) is 0 Å². The molecule has 2 aromatic rings. The third kappa shape index (κ3) is 3.36. The van der Waals surface area contributed by atoms with Crippen molar-refractivity contribution in [3.8, 4) is 0 Å². The van der Waals surface area contributed by atoms with Crippen LogP contribution in [0, 0.1) is 6.92 Å². The minimum absolute atomic E-state index is 0.179. The molecule has 112 valence electrons. The Morgan fingerprint density at radius 2 is 2.14 bits per heavy atom. The first-order valence-electron chi connectivity index (χ1n) is 5.92. The van der Waals surface area contributed by atoms with E-state index in [4.69, 9.17) is 4.52 Å². The zero-order valence-electron chi connectivity index (χ0n) is 11.1. The maximum absolute atomic E-state index is 12.8. The fourth-order valence-electron chi connectivity index (χ4n) is 1.64. The van der Waals surface area contributed by atoms with Gasteiger partial charge in [-0.3, -0.25) is 9.78 Å². The zero-order valence-corrected chi connectivity index (χ0v) is 11.1. The number of carbonyl (C=O) groups excluding carboxylic acids is 1. The summed E-state index contributed by atoms with van der Waals surface area (Å²) in [6.07, 6.45) is -3.73. The molecule has 21 heavy (non-hydrogen) atoms. The lowest BCUT2D eigenvalue weighted by molar-refractivity contribution is -0.141. The molecular formula is C12H11F3N4O2. The minimum atomic E-state index is -4.71. The third-order valence-corrected chi connectivity index (χ3v) is 2.60. The minimum Gasteiger partial charge on any atom is -0.342 e. The topological polar surface area (TPSA) is 80.9 Å². The normalized spacial score (nSPS) is 13.0. The van der Waals surface area contributed by atoms with Crippen LogP contribution in [0.4, 0.5) is 13.2 Å². The first-order chi connectivity index (χ1) is 9.79. The Kier molecular flexibility index (Phi) is 3.92. The first kappa shape index (κ1) is 14.9.